The van der Waals surface area contributed by atoms with Crippen LogP contribution in [-0.4, -0.2) is 46.2 Å². The number of ether oxygens (including phenoxy) is 1. The summed E-state index contributed by atoms with van der Waals surface area (Å²) in [6, 6.07) is 1.62. The molecule has 1 amide bonds. The molecule has 0 fully saturated rings. The van der Waals surface area contributed by atoms with Gasteiger partial charge >= 0.3 is 11.9 Å². The molecule has 20 heavy (non-hydrogen) atoms. The minimum absolute atomic E-state index is 0.160. The zero-order valence-corrected chi connectivity index (χ0v) is 10.7. The molecule has 1 rings (SSSR count). The first-order valence-electron chi connectivity index (χ1n) is 5.69. The van der Waals surface area contributed by atoms with Crippen LogP contribution >= 0.6 is 0 Å². The van der Waals surface area contributed by atoms with E-state index < -0.39 is 23.9 Å². The largest absolute Gasteiger partial charge is 0.481 e. The molecule has 1 unspecified atom stereocenters. The van der Waals surface area contributed by atoms with E-state index in [9.17, 15) is 14.4 Å². The predicted molar refractivity (Wildman–Crippen MR) is 66.5 cm³/mol. The fraction of sp³-hybridized carbons (Fsp3) is 0.333. The molecule has 0 saturated carbocycles. The SMILES string of the molecule is COc1ccc(C(=O)NC(CCC(=O)O)C(=O)O)cn1. The first kappa shape index (κ1) is 15.4. The third-order valence-electron chi connectivity index (χ3n) is 2.46. The minimum atomic E-state index is -1.29. The first-order chi connectivity index (χ1) is 9.43. The fourth-order valence-corrected chi connectivity index (χ4v) is 1.40. The van der Waals surface area contributed by atoms with Crippen LogP contribution in [0, 0.1) is 0 Å². The molecule has 108 valence electrons. The van der Waals surface area contributed by atoms with Gasteiger partial charge < -0.3 is 20.3 Å². The van der Waals surface area contributed by atoms with E-state index in [-0.39, 0.29) is 18.4 Å². The molecule has 1 atom stereocenters. The number of carboxylic acid groups (broad SMARTS) is 2. The third-order valence-corrected chi connectivity index (χ3v) is 2.46. The van der Waals surface area contributed by atoms with Gasteiger partial charge in [-0.2, -0.15) is 0 Å². The molecule has 0 radical (unpaired) electrons. The van der Waals surface area contributed by atoms with Crippen LogP contribution in [0.3, 0.4) is 0 Å². The van der Waals surface area contributed by atoms with Gasteiger partial charge in [0.05, 0.1) is 12.7 Å². The van der Waals surface area contributed by atoms with Crippen LogP contribution in [0.25, 0.3) is 0 Å². The van der Waals surface area contributed by atoms with Gasteiger partial charge in [0.1, 0.15) is 6.04 Å². The van der Waals surface area contributed by atoms with E-state index in [1.807, 2.05) is 0 Å². The number of carbonyl (C=O) groups excluding carboxylic acids is 1. The highest BCUT2D eigenvalue weighted by Crippen LogP contribution is 2.07. The van der Waals surface area contributed by atoms with Gasteiger partial charge in [0.15, 0.2) is 0 Å². The standard InChI is InChI=1S/C12H14N2O6/c1-20-9-4-2-7(6-13-9)11(17)14-8(12(18)19)3-5-10(15)16/h2,4,6,8H,3,5H2,1H3,(H,14,17)(H,15,16)(H,18,19). The van der Waals surface area contributed by atoms with Crippen LogP contribution in [0.2, 0.25) is 0 Å². The number of aliphatic carboxylic acids is 2. The van der Waals surface area contributed by atoms with Gasteiger partial charge in [-0.3, -0.25) is 9.59 Å². The number of nitrogens with zero attached hydrogens (tertiary/aromatic N) is 1. The van der Waals surface area contributed by atoms with Crippen molar-refractivity contribution in [3.8, 4) is 5.88 Å². The second-order valence-electron chi connectivity index (χ2n) is 3.89. The van der Waals surface area contributed by atoms with Gasteiger partial charge in [-0.15, -0.1) is 0 Å². The van der Waals surface area contributed by atoms with Crippen LogP contribution < -0.4 is 10.1 Å². The highest BCUT2D eigenvalue weighted by Gasteiger charge is 2.21. The third kappa shape index (κ3) is 4.56. The summed E-state index contributed by atoms with van der Waals surface area (Å²) in [6.45, 7) is 0. The lowest BCUT2D eigenvalue weighted by molar-refractivity contribution is -0.140. The lowest BCUT2D eigenvalue weighted by Gasteiger charge is -2.13. The van der Waals surface area contributed by atoms with Gasteiger partial charge in [0, 0.05) is 18.7 Å². The van der Waals surface area contributed by atoms with Gasteiger partial charge in [0.25, 0.3) is 5.91 Å². The first-order valence-corrected chi connectivity index (χ1v) is 5.69. The number of hydrogen-bond donors (Lipinski definition) is 3. The molecule has 0 aliphatic heterocycles. The van der Waals surface area contributed by atoms with E-state index in [4.69, 9.17) is 14.9 Å². The van der Waals surface area contributed by atoms with Crippen molar-refractivity contribution >= 4 is 17.8 Å². The van der Waals surface area contributed by atoms with Crippen LogP contribution in [0.4, 0.5) is 0 Å². The highest BCUT2D eigenvalue weighted by atomic mass is 16.5. The second kappa shape index (κ2) is 7.07. The van der Waals surface area contributed by atoms with E-state index in [1.165, 1.54) is 25.4 Å². The minimum Gasteiger partial charge on any atom is -0.481 e. The van der Waals surface area contributed by atoms with Crippen LogP contribution in [0.15, 0.2) is 18.3 Å². The summed E-state index contributed by atoms with van der Waals surface area (Å²) in [5.41, 5.74) is 0.160. The topological polar surface area (TPSA) is 126 Å². The molecule has 0 bridgehead atoms. The van der Waals surface area contributed by atoms with E-state index in [0.717, 1.165) is 0 Å². The number of amides is 1. The Balaban J connectivity index is 2.69. The molecule has 3 N–H and O–H groups in total. The summed E-state index contributed by atoms with van der Waals surface area (Å²) < 4.78 is 4.83. The molecule has 0 saturated heterocycles. The van der Waals surface area contributed by atoms with Crippen molar-refractivity contribution in [2.75, 3.05) is 7.11 Å². The van der Waals surface area contributed by atoms with Crippen molar-refractivity contribution in [2.24, 2.45) is 0 Å². The van der Waals surface area contributed by atoms with Gasteiger partial charge in [-0.1, -0.05) is 0 Å². The Morgan fingerprint density at radius 2 is 2.05 bits per heavy atom. The Kier molecular flexibility index (Phi) is 5.45. The number of pyridine rings is 1. The van der Waals surface area contributed by atoms with Gasteiger partial charge in [-0.05, 0) is 12.5 Å². The smallest absolute Gasteiger partial charge is 0.326 e. The molecule has 0 spiro atoms. The lowest BCUT2D eigenvalue weighted by Crippen LogP contribution is -2.41. The molecule has 0 aliphatic carbocycles. The van der Waals surface area contributed by atoms with Crippen molar-refractivity contribution in [2.45, 2.75) is 18.9 Å². The van der Waals surface area contributed by atoms with Crippen molar-refractivity contribution in [3.63, 3.8) is 0 Å². The number of carbonyl (C=O) groups is 3. The Hall–Kier alpha value is -2.64. The Morgan fingerprint density at radius 1 is 1.35 bits per heavy atom. The van der Waals surface area contributed by atoms with Crippen molar-refractivity contribution < 1.29 is 29.3 Å². The lowest BCUT2D eigenvalue weighted by atomic mass is 10.1. The monoisotopic (exact) mass is 282 g/mol. The highest BCUT2D eigenvalue weighted by molar-refractivity contribution is 5.96. The zero-order chi connectivity index (χ0) is 15.1. The van der Waals surface area contributed by atoms with E-state index in [1.54, 1.807) is 0 Å². The molecule has 0 aromatic carbocycles. The number of methoxy groups -OCH3 is 1. The van der Waals surface area contributed by atoms with Crippen LogP contribution in [-0.2, 0) is 9.59 Å². The summed E-state index contributed by atoms with van der Waals surface area (Å²) in [5, 5.41) is 19.7. The summed E-state index contributed by atoms with van der Waals surface area (Å²) in [4.78, 5) is 37.0. The number of nitrogens with one attached hydrogen (secondary N) is 1. The normalized spacial score (nSPS) is 11.4. The van der Waals surface area contributed by atoms with Crippen LogP contribution in [0.1, 0.15) is 23.2 Å². The molecular formula is C12H14N2O6. The van der Waals surface area contributed by atoms with Crippen molar-refractivity contribution in [3.05, 3.63) is 23.9 Å². The molecule has 0 aliphatic rings. The second-order valence-corrected chi connectivity index (χ2v) is 3.89. The predicted octanol–water partition coefficient (Wildman–Crippen LogP) is 0.138. The Bertz CT molecular complexity index is 499. The van der Waals surface area contributed by atoms with E-state index in [0.29, 0.717) is 5.88 Å². The van der Waals surface area contributed by atoms with Gasteiger partial charge in [0.2, 0.25) is 5.88 Å². The number of hydrogen-bond acceptors (Lipinski definition) is 5. The fourth-order valence-electron chi connectivity index (χ4n) is 1.40. The molecule has 1 heterocycles. The number of rotatable bonds is 7. The molecular weight excluding hydrogens is 268 g/mol. The summed E-state index contributed by atoms with van der Waals surface area (Å²) in [6.07, 6.45) is 0.697. The number of carboxylic acids is 2. The zero-order valence-electron chi connectivity index (χ0n) is 10.7. The van der Waals surface area contributed by atoms with Crippen molar-refractivity contribution in [1.29, 1.82) is 0 Å². The Morgan fingerprint density at radius 3 is 2.50 bits per heavy atom. The summed E-state index contributed by atoms with van der Waals surface area (Å²) >= 11 is 0. The number of aromatic nitrogens is 1. The maximum Gasteiger partial charge on any atom is 0.326 e. The van der Waals surface area contributed by atoms with Crippen molar-refractivity contribution in [1.82, 2.24) is 10.3 Å². The quantitative estimate of drug-likeness (QED) is 0.649. The van der Waals surface area contributed by atoms with E-state index in [2.05, 4.69) is 10.3 Å². The average molecular weight is 282 g/mol. The summed E-state index contributed by atoms with van der Waals surface area (Å²) in [7, 11) is 1.43. The molecule has 8 heteroatoms. The Labute approximate surface area is 114 Å². The maximum absolute atomic E-state index is 11.8. The molecule has 8 nitrogen and oxygen atoms in total. The molecule has 1 aromatic rings. The van der Waals surface area contributed by atoms with Gasteiger partial charge in [-0.25, -0.2) is 9.78 Å². The van der Waals surface area contributed by atoms with E-state index >= 15 is 0 Å². The maximum atomic E-state index is 11.8. The molecule has 1 aromatic heterocycles. The van der Waals surface area contributed by atoms with Crippen LogP contribution in [0.5, 0.6) is 5.88 Å². The average Bonchev–Trinajstić information content (AvgIpc) is 2.42. The summed E-state index contributed by atoms with van der Waals surface area (Å²) in [5.74, 6) is -2.74.